The predicted octanol–water partition coefficient (Wildman–Crippen LogP) is 2.61. The van der Waals surface area contributed by atoms with E-state index in [0.717, 1.165) is 17.9 Å². The Balaban J connectivity index is 1.58. The zero-order valence-electron chi connectivity index (χ0n) is 16.3. The van der Waals surface area contributed by atoms with Gasteiger partial charge in [0.2, 0.25) is 0 Å². The Labute approximate surface area is 172 Å². The van der Waals surface area contributed by atoms with Gasteiger partial charge in [-0.25, -0.2) is 4.39 Å². The number of nitrogens with one attached hydrogen (secondary N) is 3. The van der Waals surface area contributed by atoms with Crippen LogP contribution in [-0.2, 0) is 6.54 Å². The van der Waals surface area contributed by atoms with Crippen molar-refractivity contribution in [2.24, 2.45) is 0 Å². The number of thiocarbonyl (C=S) groups is 1. The van der Waals surface area contributed by atoms with Crippen molar-refractivity contribution in [3.63, 3.8) is 0 Å². The second-order valence-electron chi connectivity index (χ2n) is 7.23. The molecule has 0 aromatic heterocycles. The van der Waals surface area contributed by atoms with Crippen molar-refractivity contribution >= 4 is 17.3 Å². The van der Waals surface area contributed by atoms with Gasteiger partial charge < -0.3 is 20.3 Å². The zero-order chi connectivity index (χ0) is 19.8. The molecule has 0 spiro atoms. The quantitative estimate of drug-likeness (QED) is 0.623. The summed E-state index contributed by atoms with van der Waals surface area (Å²) in [5, 5.41) is 7.22. The summed E-state index contributed by atoms with van der Waals surface area (Å²) in [4.78, 5) is 1.60. The molecule has 3 rings (SSSR count). The molecule has 1 saturated heterocycles. The molecule has 1 fully saturated rings. The largest absolute Gasteiger partial charge is 0.497 e. The van der Waals surface area contributed by atoms with Crippen molar-refractivity contribution in [1.29, 1.82) is 0 Å². The molecule has 1 heterocycles. The lowest BCUT2D eigenvalue weighted by Gasteiger charge is -2.32. The average molecular weight is 403 g/mol. The first-order valence-electron chi connectivity index (χ1n) is 9.90. The fourth-order valence-corrected chi connectivity index (χ4v) is 3.89. The van der Waals surface area contributed by atoms with E-state index >= 15 is 0 Å². The summed E-state index contributed by atoms with van der Waals surface area (Å²) in [6.07, 6.45) is 3.87. The Morgan fingerprint density at radius 2 is 1.71 bits per heavy atom. The summed E-state index contributed by atoms with van der Waals surface area (Å²) in [6.45, 7) is 3.73. The van der Waals surface area contributed by atoms with Gasteiger partial charge in [0.05, 0.1) is 26.7 Å². The third-order valence-electron chi connectivity index (χ3n) is 5.34. The molecular weight excluding hydrogens is 373 g/mol. The van der Waals surface area contributed by atoms with Crippen LogP contribution in [0, 0.1) is 5.82 Å². The number of likely N-dealkylation sites (tertiary alicyclic amines) is 1. The van der Waals surface area contributed by atoms with Crippen LogP contribution in [0.15, 0.2) is 48.5 Å². The Morgan fingerprint density at radius 3 is 2.36 bits per heavy atom. The second kappa shape index (κ2) is 10.4. The van der Waals surface area contributed by atoms with Crippen LogP contribution in [0.4, 0.5) is 4.39 Å². The van der Waals surface area contributed by atoms with Gasteiger partial charge in [-0.2, -0.15) is 0 Å². The number of benzene rings is 2. The van der Waals surface area contributed by atoms with E-state index in [4.69, 9.17) is 17.0 Å². The normalized spacial score (nSPS) is 15.6. The smallest absolute Gasteiger partial charge is 0.166 e. The number of rotatable bonds is 7. The molecule has 0 amide bonds. The van der Waals surface area contributed by atoms with Gasteiger partial charge in [-0.15, -0.1) is 0 Å². The molecule has 0 unspecified atom stereocenters. The van der Waals surface area contributed by atoms with Crippen LogP contribution in [-0.4, -0.2) is 31.9 Å². The third kappa shape index (κ3) is 5.91. The van der Waals surface area contributed by atoms with E-state index in [1.807, 2.05) is 12.1 Å². The van der Waals surface area contributed by atoms with Gasteiger partial charge in [-0.05, 0) is 73.4 Å². The van der Waals surface area contributed by atoms with Gasteiger partial charge >= 0.3 is 0 Å². The average Bonchev–Trinajstić information content (AvgIpc) is 2.74. The van der Waals surface area contributed by atoms with Gasteiger partial charge in [0, 0.05) is 12.1 Å². The maximum absolute atomic E-state index is 13.0. The van der Waals surface area contributed by atoms with Crippen LogP contribution in [0.25, 0.3) is 0 Å². The summed E-state index contributed by atoms with van der Waals surface area (Å²) in [6, 6.07) is 15.2. The number of methoxy groups -OCH3 is 1. The fourth-order valence-electron chi connectivity index (χ4n) is 3.73. The molecule has 4 nitrogen and oxygen atoms in total. The maximum Gasteiger partial charge on any atom is 0.166 e. The van der Waals surface area contributed by atoms with Crippen molar-refractivity contribution in [2.45, 2.75) is 31.8 Å². The van der Waals surface area contributed by atoms with E-state index in [1.54, 1.807) is 24.1 Å². The molecule has 150 valence electrons. The topological polar surface area (TPSA) is 37.7 Å². The second-order valence-corrected chi connectivity index (χ2v) is 7.64. The molecule has 0 bridgehead atoms. The number of hydrogen-bond acceptors (Lipinski definition) is 2. The van der Waals surface area contributed by atoms with Crippen LogP contribution in [0.1, 0.15) is 36.4 Å². The van der Waals surface area contributed by atoms with Crippen LogP contribution in [0.5, 0.6) is 5.75 Å². The Hall–Kier alpha value is -2.18. The van der Waals surface area contributed by atoms with E-state index in [2.05, 4.69) is 22.8 Å². The highest BCUT2D eigenvalue weighted by atomic mass is 32.1. The van der Waals surface area contributed by atoms with E-state index in [1.165, 1.54) is 50.0 Å². The summed E-state index contributed by atoms with van der Waals surface area (Å²) >= 11 is 5.46. The van der Waals surface area contributed by atoms with Crippen molar-refractivity contribution in [3.8, 4) is 5.75 Å². The highest BCUT2D eigenvalue weighted by Crippen LogP contribution is 2.16. The minimum atomic E-state index is -0.226. The molecule has 2 aromatic carbocycles. The molecule has 0 aliphatic carbocycles. The fraction of sp³-hybridized carbons (Fsp3) is 0.409. The number of ether oxygens (including phenoxy) is 1. The molecule has 3 N–H and O–H groups in total. The predicted molar refractivity (Wildman–Crippen MR) is 114 cm³/mol. The van der Waals surface area contributed by atoms with Crippen molar-refractivity contribution < 1.29 is 14.0 Å². The minimum Gasteiger partial charge on any atom is -0.497 e. The monoisotopic (exact) mass is 402 g/mol. The zero-order valence-corrected chi connectivity index (χ0v) is 17.2. The highest BCUT2D eigenvalue weighted by molar-refractivity contribution is 7.80. The molecule has 0 saturated carbocycles. The summed E-state index contributed by atoms with van der Waals surface area (Å²) in [5.41, 5.74) is 2.30. The SMILES string of the molecule is COc1ccc([C@H](CNC(=S)NCc2ccc(F)cc2)[NH+]2CCCCC2)cc1. The molecular formula is C22H29FN3OS+. The molecule has 6 heteroatoms. The number of piperidine rings is 1. The lowest BCUT2D eigenvalue weighted by atomic mass is 10.0. The summed E-state index contributed by atoms with van der Waals surface area (Å²) < 4.78 is 18.3. The lowest BCUT2D eigenvalue weighted by Crippen LogP contribution is -3.13. The first-order valence-corrected chi connectivity index (χ1v) is 10.3. The van der Waals surface area contributed by atoms with Gasteiger partial charge in [0.25, 0.3) is 0 Å². The molecule has 2 aromatic rings. The maximum atomic E-state index is 13.0. The van der Waals surface area contributed by atoms with E-state index in [0.29, 0.717) is 17.7 Å². The Bertz CT molecular complexity index is 745. The first kappa shape index (κ1) is 20.6. The molecule has 1 atom stereocenters. The van der Waals surface area contributed by atoms with Gasteiger partial charge in [0.15, 0.2) is 5.11 Å². The van der Waals surface area contributed by atoms with Crippen LogP contribution < -0.4 is 20.3 Å². The van der Waals surface area contributed by atoms with Gasteiger partial charge in [-0.1, -0.05) is 12.1 Å². The molecule has 0 radical (unpaired) electrons. The van der Waals surface area contributed by atoms with Crippen LogP contribution in [0.3, 0.4) is 0 Å². The molecule has 28 heavy (non-hydrogen) atoms. The molecule has 1 aliphatic heterocycles. The van der Waals surface area contributed by atoms with Crippen molar-refractivity contribution in [1.82, 2.24) is 10.6 Å². The van der Waals surface area contributed by atoms with Crippen molar-refractivity contribution in [2.75, 3.05) is 26.7 Å². The lowest BCUT2D eigenvalue weighted by molar-refractivity contribution is -0.934. The van der Waals surface area contributed by atoms with Crippen LogP contribution >= 0.6 is 12.2 Å². The third-order valence-corrected chi connectivity index (χ3v) is 5.63. The minimum absolute atomic E-state index is 0.226. The highest BCUT2D eigenvalue weighted by Gasteiger charge is 2.26. The van der Waals surface area contributed by atoms with Gasteiger partial charge in [0.1, 0.15) is 17.6 Å². The van der Waals surface area contributed by atoms with E-state index < -0.39 is 0 Å². The molecule has 1 aliphatic rings. The number of hydrogen-bond donors (Lipinski definition) is 3. The van der Waals surface area contributed by atoms with Gasteiger partial charge in [-0.3, -0.25) is 0 Å². The summed E-state index contributed by atoms with van der Waals surface area (Å²) in [5.74, 6) is 0.650. The number of halogens is 1. The standard InChI is InChI=1S/C22H28FN3OS/c1-27-20-11-7-18(8-12-20)21(26-13-3-2-4-14-26)16-25-22(28)24-15-17-5-9-19(23)10-6-17/h5-12,21H,2-4,13-16H2,1H3,(H2,24,25,28)/p+1/t21-/m0/s1. The first-order chi connectivity index (χ1) is 13.7. The van der Waals surface area contributed by atoms with Crippen molar-refractivity contribution in [3.05, 3.63) is 65.5 Å². The van der Waals surface area contributed by atoms with Crippen LogP contribution in [0.2, 0.25) is 0 Å². The number of quaternary nitrogens is 1. The Kier molecular flexibility index (Phi) is 7.62. The van der Waals surface area contributed by atoms with E-state index in [-0.39, 0.29) is 5.82 Å². The van der Waals surface area contributed by atoms with E-state index in [9.17, 15) is 4.39 Å². The summed E-state index contributed by atoms with van der Waals surface area (Å²) in [7, 11) is 1.69. The Morgan fingerprint density at radius 1 is 1.04 bits per heavy atom.